The number of nitrogens with one attached hydrogen (secondary N) is 1. The molecular formula is C15H13BrFNO3. The summed E-state index contributed by atoms with van der Waals surface area (Å²) in [7, 11) is 0. The number of ether oxygens (including phenoxy) is 2. The maximum atomic E-state index is 13.6. The highest BCUT2D eigenvalue weighted by Crippen LogP contribution is 2.34. The summed E-state index contributed by atoms with van der Waals surface area (Å²) in [6, 6.07) is 9.85. The molecule has 0 radical (unpaired) electrons. The zero-order valence-electron chi connectivity index (χ0n) is 11.0. The monoisotopic (exact) mass is 353 g/mol. The van der Waals surface area contributed by atoms with E-state index in [2.05, 4.69) is 21.2 Å². The molecule has 21 heavy (non-hydrogen) atoms. The van der Waals surface area contributed by atoms with Gasteiger partial charge in [-0.05, 0) is 35.9 Å². The van der Waals surface area contributed by atoms with Crippen LogP contribution in [0.25, 0.3) is 0 Å². The Balaban J connectivity index is 1.69. The van der Waals surface area contributed by atoms with E-state index in [9.17, 15) is 9.50 Å². The molecule has 0 saturated carbocycles. The summed E-state index contributed by atoms with van der Waals surface area (Å²) in [5, 5.41) is 13.1. The van der Waals surface area contributed by atoms with Gasteiger partial charge in [-0.25, -0.2) is 4.39 Å². The zero-order valence-corrected chi connectivity index (χ0v) is 12.6. The minimum absolute atomic E-state index is 0.188. The molecule has 0 saturated heterocycles. The van der Waals surface area contributed by atoms with Crippen molar-refractivity contribution in [2.75, 3.05) is 18.7 Å². The van der Waals surface area contributed by atoms with Crippen LogP contribution >= 0.6 is 15.9 Å². The van der Waals surface area contributed by atoms with Crippen LogP contribution in [-0.2, 0) is 0 Å². The highest BCUT2D eigenvalue weighted by atomic mass is 79.9. The highest BCUT2D eigenvalue weighted by Gasteiger charge is 2.16. The van der Waals surface area contributed by atoms with Gasteiger partial charge in [0.15, 0.2) is 11.5 Å². The van der Waals surface area contributed by atoms with Crippen molar-refractivity contribution in [2.45, 2.75) is 6.10 Å². The lowest BCUT2D eigenvalue weighted by Gasteiger charge is -2.14. The zero-order chi connectivity index (χ0) is 14.8. The van der Waals surface area contributed by atoms with Crippen LogP contribution in [-0.4, -0.2) is 18.4 Å². The molecule has 0 spiro atoms. The summed E-state index contributed by atoms with van der Waals surface area (Å²) in [5.41, 5.74) is 1.02. The molecule has 4 nitrogen and oxygen atoms in total. The minimum Gasteiger partial charge on any atom is -0.454 e. The topological polar surface area (TPSA) is 50.7 Å². The van der Waals surface area contributed by atoms with Crippen LogP contribution in [0.4, 0.5) is 10.1 Å². The Bertz CT molecular complexity index is 665. The van der Waals surface area contributed by atoms with Gasteiger partial charge in [0, 0.05) is 11.0 Å². The number of benzene rings is 2. The van der Waals surface area contributed by atoms with Crippen LogP contribution in [0.3, 0.4) is 0 Å². The van der Waals surface area contributed by atoms with Crippen molar-refractivity contribution in [2.24, 2.45) is 0 Å². The van der Waals surface area contributed by atoms with Crippen LogP contribution in [0.1, 0.15) is 11.7 Å². The SMILES string of the molecule is OC(CNc1cc(Br)ccc1F)c1ccc2c(c1)OCO2. The fraction of sp³-hybridized carbons (Fsp3) is 0.200. The molecule has 6 heteroatoms. The summed E-state index contributed by atoms with van der Waals surface area (Å²) < 4.78 is 24.9. The first kappa shape index (κ1) is 14.2. The van der Waals surface area contributed by atoms with Crippen LogP contribution in [0.15, 0.2) is 40.9 Å². The van der Waals surface area contributed by atoms with E-state index in [0.29, 0.717) is 22.7 Å². The second kappa shape index (κ2) is 5.91. The van der Waals surface area contributed by atoms with Gasteiger partial charge < -0.3 is 19.9 Å². The predicted octanol–water partition coefficient (Wildman–Crippen LogP) is 3.46. The Hall–Kier alpha value is -1.79. The molecule has 1 unspecified atom stereocenters. The molecule has 0 amide bonds. The number of rotatable bonds is 4. The number of aliphatic hydroxyl groups is 1. The smallest absolute Gasteiger partial charge is 0.231 e. The Morgan fingerprint density at radius 2 is 2.00 bits per heavy atom. The summed E-state index contributed by atoms with van der Waals surface area (Å²) in [6.45, 7) is 0.378. The molecule has 110 valence electrons. The quantitative estimate of drug-likeness (QED) is 0.883. The Morgan fingerprint density at radius 3 is 2.86 bits per heavy atom. The third-order valence-corrected chi connectivity index (χ3v) is 3.69. The molecule has 2 N–H and O–H groups in total. The second-order valence-electron chi connectivity index (χ2n) is 4.63. The number of fused-ring (bicyclic) bond motifs is 1. The lowest BCUT2D eigenvalue weighted by atomic mass is 10.1. The van der Waals surface area contributed by atoms with Crippen molar-refractivity contribution in [1.29, 1.82) is 0 Å². The number of halogens is 2. The van der Waals surface area contributed by atoms with Gasteiger partial charge in [-0.15, -0.1) is 0 Å². The van der Waals surface area contributed by atoms with Gasteiger partial charge in [-0.1, -0.05) is 22.0 Å². The van der Waals surface area contributed by atoms with E-state index < -0.39 is 6.10 Å². The average molecular weight is 354 g/mol. The standard InChI is InChI=1S/C15H13BrFNO3/c16-10-2-3-11(17)12(6-10)18-7-13(19)9-1-4-14-15(5-9)21-8-20-14/h1-6,13,18-19H,7-8H2. The molecule has 2 aromatic carbocycles. The van der Waals surface area contributed by atoms with Crippen molar-refractivity contribution in [1.82, 2.24) is 0 Å². The molecular weight excluding hydrogens is 341 g/mol. The van der Waals surface area contributed by atoms with Gasteiger partial charge in [0.1, 0.15) is 5.82 Å². The first-order valence-electron chi connectivity index (χ1n) is 6.40. The van der Waals surface area contributed by atoms with Crippen LogP contribution in [0, 0.1) is 5.82 Å². The Kier molecular flexibility index (Phi) is 3.98. The summed E-state index contributed by atoms with van der Waals surface area (Å²) in [5.74, 6) is 0.910. The molecule has 3 rings (SSSR count). The lowest BCUT2D eigenvalue weighted by molar-refractivity contribution is 0.173. The summed E-state index contributed by atoms with van der Waals surface area (Å²) >= 11 is 3.28. The van der Waals surface area contributed by atoms with E-state index in [1.165, 1.54) is 6.07 Å². The van der Waals surface area contributed by atoms with Gasteiger partial charge >= 0.3 is 0 Å². The molecule has 0 aliphatic carbocycles. The van der Waals surface area contributed by atoms with E-state index in [4.69, 9.17) is 9.47 Å². The molecule has 1 atom stereocenters. The number of aliphatic hydroxyl groups excluding tert-OH is 1. The van der Waals surface area contributed by atoms with E-state index in [1.807, 2.05) is 0 Å². The largest absolute Gasteiger partial charge is 0.454 e. The number of hydrogen-bond donors (Lipinski definition) is 2. The van der Waals surface area contributed by atoms with Gasteiger partial charge in [0.2, 0.25) is 6.79 Å². The third kappa shape index (κ3) is 3.11. The maximum Gasteiger partial charge on any atom is 0.231 e. The van der Waals surface area contributed by atoms with Gasteiger partial charge in [-0.2, -0.15) is 0 Å². The van der Waals surface area contributed by atoms with Gasteiger partial charge in [0.05, 0.1) is 11.8 Å². The van der Waals surface area contributed by atoms with Gasteiger partial charge in [0.25, 0.3) is 0 Å². The molecule has 2 aromatic rings. The molecule has 1 aliphatic heterocycles. The molecule has 0 bridgehead atoms. The van der Waals surface area contributed by atoms with Gasteiger partial charge in [-0.3, -0.25) is 0 Å². The number of anilines is 1. The normalized spacial score (nSPS) is 14.0. The van der Waals surface area contributed by atoms with E-state index in [1.54, 1.807) is 30.3 Å². The first-order chi connectivity index (χ1) is 10.1. The van der Waals surface area contributed by atoms with Crippen LogP contribution < -0.4 is 14.8 Å². The van der Waals surface area contributed by atoms with Crippen molar-refractivity contribution in [3.8, 4) is 11.5 Å². The first-order valence-corrected chi connectivity index (χ1v) is 7.19. The summed E-state index contributed by atoms with van der Waals surface area (Å²) in [4.78, 5) is 0. The Labute approximate surface area is 129 Å². The molecule has 1 aliphatic rings. The fourth-order valence-electron chi connectivity index (χ4n) is 2.08. The minimum atomic E-state index is -0.780. The van der Waals surface area contributed by atoms with E-state index in [0.717, 1.165) is 4.47 Å². The maximum absolute atomic E-state index is 13.6. The van der Waals surface area contributed by atoms with Crippen LogP contribution in [0.2, 0.25) is 0 Å². The molecule has 0 fully saturated rings. The van der Waals surface area contributed by atoms with Crippen molar-refractivity contribution >= 4 is 21.6 Å². The fourth-order valence-corrected chi connectivity index (χ4v) is 2.44. The van der Waals surface area contributed by atoms with Crippen molar-refractivity contribution < 1.29 is 19.0 Å². The van der Waals surface area contributed by atoms with E-state index >= 15 is 0 Å². The molecule has 1 heterocycles. The third-order valence-electron chi connectivity index (χ3n) is 3.20. The molecule has 0 aromatic heterocycles. The van der Waals surface area contributed by atoms with Crippen LogP contribution in [0.5, 0.6) is 11.5 Å². The average Bonchev–Trinajstić information content (AvgIpc) is 2.95. The second-order valence-corrected chi connectivity index (χ2v) is 5.55. The number of hydrogen-bond acceptors (Lipinski definition) is 4. The van der Waals surface area contributed by atoms with E-state index in [-0.39, 0.29) is 19.2 Å². The van der Waals surface area contributed by atoms with Crippen molar-refractivity contribution in [3.05, 3.63) is 52.3 Å². The summed E-state index contributed by atoms with van der Waals surface area (Å²) in [6.07, 6.45) is -0.780. The lowest BCUT2D eigenvalue weighted by Crippen LogP contribution is -2.13. The predicted molar refractivity (Wildman–Crippen MR) is 80.1 cm³/mol. The highest BCUT2D eigenvalue weighted by molar-refractivity contribution is 9.10. The Morgan fingerprint density at radius 1 is 1.19 bits per heavy atom. The van der Waals surface area contributed by atoms with Crippen molar-refractivity contribution in [3.63, 3.8) is 0 Å².